The quantitative estimate of drug-likeness (QED) is 0.673. The summed E-state index contributed by atoms with van der Waals surface area (Å²) in [5.41, 5.74) is 1.92. The molecule has 1 aromatic rings. The number of rotatable bonds is 3. The van der Waals surface area contributed by atoms with Gasteiger partial charge in [-0.25, -0.2) is 0 Å². The summed E-state index contributed by atoms with van der Waals surface area (Å²) >= 11 is 0. The molecule has 0 bridgehead atoms. The van der Waals surface area contributed by atoms with Gasteiger partial charge < -0.3 is 10.0 Å². The third kappa shape index (κ3) is 2.87. The van der Waals surface area contributed by atoms with Gasteiger partial charge in [-0.15, -0.1) is 0 Å². The molecule has 0 aliphatic heterocycles. The van der Waals surface area contributed by atoms with E-state index in [0.29, 0.717) is 0 Å². The maximum Gasteiger partial charge on any atom is 0.271 e. The first-order valence-corrected chi connectivity index (χ1v) is 6.66. The number of benzene rings is 1. The van der Waals surface area contributed by atoms with Crippen LogP contribution in [-0.4, -0.2) is 29.2 Å². The molecule has 0 heterocycles. The van der Waals surface area contributed by atoms with E-state index < -0.39 is 0 Å². The average Bonchev–Trinajstić information content (AvgIpc) is 2.38. The van der Waals surface area contributed by atoms with E-state index in [1.165, 1.54) is 6.07 Å². The Morgan fingerprint density at radius 2 is 2.05 bits per heavy atom. The Kier molecular flexibility index (Phi) is 4.04. The van der Waals surface area contributed by atoms with Gasteiger partial charge in [-0.2, -0.15) is 0 Å². The Hall–Kier alpha value is -1.62. The molecule has 1 aliphatic carbocycles. The smallest absolute Gasteiger partial charge is 0.271 e. The van der Waals surface area contributed by atoms with Crippen molar-refractivity contribution in [2.75, 3.05) is 11.9 Å². The third-order valence-corrected chi connectivity index (χ3v) is 3.97. The molecule has 0 radical (unpaired) electrons. The molecule has 104 valence electrons. The Labute approximate surface area is 113 Å². The maximum atomic E-state index is 10.9. The number of aryl methyl sites for hydroxylation is 1. The van der Waals surface area contributed by atoms with Crippen LogP contribution in [0.4, 0.5) is 11.4 Å². The normalized spacial score (nSPS) is 23.1. The highest BCUT2D eigenvalue weighted by molar-refractivity contribution is 5.59. The number of hydrogen-bond donors (Lipinski definition) is 1. The van der Waals surface area contributed by atoms with Crippen LogP contribution in [0.5, 0.6) is 0 Å². The number of nitro benzene ring substituents is 1. The summed E-state index contributed by atoms with van der Waals surface area (Å²) in [6.07, 6.45) is 3.54. The standard InChI is InChI=1S/C14H20N2O3/c1-10-7-8-11(16(18)19)9-13(10)15(2)12-5-3-4-6-14(12)17/h7-9,12,14,17H,3-6H2,1-2H3. The lowest BCUT2D eigenvalue weighted by Gasteiger charge is -2.37. The molecule has 0 saturated heterocycles. The summed E-state index contributed by atoms with van der Waals surface area (Å²) < 4.78 is 0. The summed E-state index contributed by atoms with van der Waals surface area (Å²) in [7, 11) is 1.91. The lowest BCUT2D eigenvalue weighted by Crippen LogP contribution is -2.43. The van der Waals surface area contributed by atoms with Crippen LogP contribution in [0.3, 0.4) is 0 Å². The van der Waals surface area contributed by atoms with E-state index in [9.17, 15) is 15.2 Å². The minimum absolute atomic E-state index is 0.0504. The van der Waals surface area contributed by atoms with E-state index >= 15 is 0 Å². The van der Waals surface area contributed by atoms with Crippen molar-refractivity contribution in [2.45, 2.75) is 44.8 Å². The van der Waals surface area contributed by atoms with Gasteiger partial charge >= 0.3 is 0 Å². The predicted molar refractivity (Wildman–Crippen MR) is 74.5 cm³/mol. The molecule has 1 saturated carbocycles. The summed E-state index contributed by atoms with van der Waals surface area (Å²) in [5.74, 6) is 0. The van der Waals surface area contributed by atoms with Crippen LogP contribution in [0.1, 0.15) is 31.2 Å². The fraction of sp³-hybridized carbons (Fsp3) is 0.571. The molecular weight excluding hydrogens is 244 g/mol. The molecule has 2 rings (SSSR count). The number of nitro groups is 1. The SMILES string of the molecule is Cc1ccc([N+](=O)[O-])cc1N(C)C1CCCCC1O. The number of non-ortho nitro benzene ring substituents is 1. The Morgan fingerprint density at radius 1 is 1.37 bits per heavy atom. The molecule has 1 N–H and O–H groups in total. The van der Waals surface area contributed by atoms with E-state index in [-0.39, 0.29) is 22.8 Å². The molecular formula is C14H20N2O3. The zero-order valence-electron chi connectivity index (χ0n) is 11.4. The average molecular weight is 264 g/mol. The number of aliphatic hydroxyl groups is 1. The predicted octanol–water partition coefficient (Wildman–Crippen LogP) is 2.64. The van der Waals surface area contributed by atoms with Crippen molar-refractivity contribution in [1.82, 2.24) is 0 Å². The molecule has 1 aromatic carbocycles. The third-order valence-electron chi connectivity index (χ3n) is 3.97. The zero-order chi connectivity index (χ0) is 14.0. The molecule has 0 amide bonds. The van der Waals surface area contributed by atoms with Crippen LogP contribution >= 0.6 is 0 Å². The van der Waals surface area contributed by atoms with E-state index in [2.05, 4.69) is 0 Å². The number of hydrogen-bond acceptors (Lipinski definition) is 4. The number of nitrogens with zero attached hydrogens (tertiary/aromatic N) is 2. The summed E-state index contributed by atoms with van der Waals surface area (Å²) in [5, 5.41) is 21.0. The van der Waals surface area contributed by atoms with E-state index in [1.54, 1.807) is 12.1 Å². The number of aliphatic hydroxyl groups excluding tert-OH is 1. The van der Waals surface area contributed by atoms with E-state index in [1.807, 2.05) is 18.9 Å². The van der Waals surface area contributed by atoms with Gasteiger partial charge in [0.05, 0.1) is 17.1 Å². The van der Waals surface area contributed by atoms with Crippen molar-refractivity contribution in [3.8, 4) is 0 Å². The first-order chi connectivity index (χ1) is 9.00. The maximum absolute atomic E-state index is 10.9. The van der Waals surface area contributed by atoms with Crippen LogP contribution in [0.25, 0.3) is 0 Å². The molecule has 1 aliphatic rings. The van der Waals surface area contributed by atoms with Crippen LogP contribution in [0.15, 0.2) is 18.2 Å². The molecule has 0 aromatic heterocycles. The Morgan fingerprint density at radius 3 is 2.68 bits per heavy atom. The molecule has 2 unspecified atom stereocenters. The van der Waals surface area contributed by atoms with Gasteiger partial charge in [-0.05, 0) is 25.3 Å². The van der Waals surface area contributed by atoms with E-state index in [4.69, 9.17) is 0 Å². The molecule has 0 spiro atoms. The number of likely N-dealkylation sites (N-methyl/N-ethyl adjacent to an activating group) is 1. The van der Waals surface area contributed by atoms with Crippen molar-refractivity contribution in [1.29, 1.82) is 0 Å². The lowest BCUT2D eigenvalue weighted by atomic mass is 9.91. The molecule has 1 fully saturated rings. The molecule has 2 atom stereocenters. The molecule has 19 heavy (non-hydrogen) atoms. The largest absolute Gasteiger partial charge is 0.391 e. The van der Waals surface area contributed by atoms with Crippen LogP contribution < -0.4 is 4.90 Å². The van der Waals surface area contributed by atoms with Crippen LogP contribution in [0.2, 0.25) is 0 Å². The first-order valence-electron chi connectivity index (χ1n) is 6.66. The highest BCUT2D eigenvalue weighted by atomic mass is 16.6. The fourth-order valence-corrected chi connectivity index (χ4v) is 2.81. The number of anilines is 1. The highest BCUT2D eigenvalue weighted by Crippen LogP contribution is 2.30. The summed E-state index contributed by atoms with van der Waals surface area (Å²) in [6.45, 7) is 1.94. The second-order valence-electron chi connectivity index (χ2n) is 5.26. The second kappa shape index (κ2) is 5.57. The van der Waals surface area contributed by atoms with E-state index in [0.717, 1.165) is 36.9 Å². The van der Waals surface area contributed by atoms with Crippen molar-refractivity contribution < 1.29 is 10.0 Å². The van der Waals surface area contributed by atoms with Crippen LogP contribution in [0, 0.1) is 17.0 Å². The summed E-state index contributed by atoms with van der Waals surface area (Å²) in [4.78, 5) is 12.5. The summed E-state index contributed by atoms with van der Waals surface area (Å²) in [6, 6.07) is 4.93. The van der Waals surface area contributed by atoms with Gasteiger partial charge in [0.25, 0.3) is 5.69 Å². The lowest BCUT2D eigenvalue weighted by molar-refractivity contribution is -0.384. The van der Waals surface area contributed by atoms with Gasteiger partial charge in [0.15, 0.2) is 0 Å². The minimum atomic E-state index is -0.381. The van der Waals surface area contributed by atoms with Crippen molar-refractivity contribution in [3.63, 3.8) is 0 Å². The second-order valence-corrected chi connectivity index (χ2v) is 5.26. The van der Waals surface area contributed by atoms with Crippen molar-refractivity contribution in [2.24, 2.45) is 0 Å². The molecule has 5 nitrogen and oxygen atoms in total. The van der Waals surface area contributed by atoms with Gasteiger partial charge in [-0.3, -0.25) is 10.1 Å². The van der Waals surface area contributed by atoms with Gasteiger partial charge in [-0.1, -0.05) is 18.9 Å². The first kappa shape index (κ1) is 13.8. The Balaban J connectivity index is 2.29. The minimum Gasteiger partial charge on any atom is -0.391 e. The van der Waals surface area contributed by atoms with Gasteiger partial charge in [0, 0.05) is 24.9 Å². The zero-order valence-corrected chi connectivity index (χ0v) is 11.4. The van der Waals surface area contributed by atoms with Crippen molar-refractivity contribution >= 4 is 11.4 Å². The van der Waals surface area contributed by atoms with Crippen LogP contribution in [-0.2, 0) is 0 Å². The Bertz CT molecular complexity index is 476. The topological polar surface area (TPSA) is 66.6 Å². The van der Waals surface area contributed by atoms with Gasteiger partial charge in [0.1, 0.15) is 0 Å². The monoisotopic (exact) mass is 264 g/mol. The van der Waals surface area contributed by atoms with Crippen molar-refractivity contribution in [3.05, 3.63) is 33.9 Å². The highest BCUT2D eigenvalue weighted by Gasteiger charge is 2.28. The van der Waals surface area contributed by atoms with Gasteiger partial charge in [0.2, 0.25) is 0 Å². The molecule has 5 heteroatoms. The fourth-order valence-electron chi connectivity index (χ4n) is 2.81.